The zero-order valence-corrected chi connectivity index (χ0v) is 23.1. The third-order valence-electron chi connectivity index (χ3n) is 6.53. The van der Waals surface area contributed by atoms with E-state index in [0.717, 1.165) is 47.8 Å². The monoisotopic (exact) mass is 600 g/mol. The molecule has 40 heavy (non-hydrogen) atoms. The molecule has 0 unspecified atom stereocenters. The number of benzene rings is 2. The van der Waals surface area contributed by atoms with Crippen LogP contribution in [-0.4, -0.2) is 31.1 Å². The van der Waals surface area contributed by atoms with Crippen molar-refractivity contribution in [3.05, 3.63) is 91.3 Å². The van der Waals surface area contributed by atoms with Gasteiger partial charge in [0.05, 0.1) is 22.2 Å². The van der Waals surface area contributed by atoms with Crippen molar-refractivity contribution < 1.29 is 13.2 Å². The highest BCUT2D eigenvalue weighted by Crippen LogP contribution is 2.36. The van der Waals surface area contributed by atoms with Gasteiger partial charge >= 0.3 is 6.18 Å². The number of fused-ring (bicyclic) bond motifs is 3. The van der Waals surface area contributed by atoms with Crippen molar-refractivity contribution in [1.82, 2.24) is 24.8 Å². The summed E-state index contributed by atoms with van der Waals surface area (Å²) in [6.07, 6.45) is 1.84. The standard InChI is InChI=1S/C27H20ClF3N6OS2/c28-20-9-8-15(11-19(20)27(29,30)31)12-34-37-23(17-5-3-4-16(10-17)13-39-26-32-14-33-36-26)35-24-22(25(37)38)18-6-1-2-7-21(18)40-24/h3-5,8-12,14H,1-2,6-7,13H2,(H,32,33,36). The van der Waals surface area contributed by atoms with Gasteiger partial charge in [0.15, 0.2) is 5.82 Å². The second-order valence-electron chi connectivity index (χ2n) is 9.20. The summed E-state index contributed by atoms with van der Waals surface area (Å²) in [6, 6.07) is 11.1. The van der Waals surface area contributed by atoms with Gasteiger partial charge < -0.3 is 0 Å². The topological polar surface area (TPSA) is 88.8 Å². The van der Waals surface area contributed by atoms with Gasteiger partial charge in [-0.2, -0.15) is 22.9 Å². The summed E-state index contributed by atoms with van der Waals surface area (Å²) in [5.41, 5.74) is 1.45. The zero-order valence-electron chi connectivity index (χ0n) is 20.7. The molecule has 0 saturated heterocycles. The zero-order chi connectivity index (χ0) is 27.9. The first-order valence-corrected chi connectivity index (χ1v) is 14.5. The Labute approximate surface area is 239 Å². The van der Waals surface area contributed by atoms with E-state index in [9.17, 15) is 18.0 Å². The van der Waals surface area contributed by atoms with E-state index in [0.29, 0.717) is 32.5 Å². The van der Waals surface area contributed by atoms with E-state index in [4.69, 9.17) is 16.6 Å². The number of H-pyrrole nitrogens is 1. The summed E-state index contributed by atoms with van der Waals surface area (Å²) >= 11 is 8.76. The van der Waals surface area contributed by atoms with Crippen LogP contribution in [0.1, 0.15) is 40.0 Å². The van der Waals surface area contributed by atoms with E-state index >= 15 is 0 Å². The second kappa shape index (κ2) is 10.8. The molecule has 5 aromatic rings. The normalized spacial score (nSPS) is 13.8. The summed E-state index contributed by atoms with van der Waals surface area (Å²) < 4.78 is 41.5. The molecule has 1 N–H and O–H groups in total. The van der Waals surface area contributed by atoms with Crippen molar-refractivity contribution in [2.24, 2.45) is 5.10 Å². The summed E-state index contributed by atoms with van der Waals surface area (Å²) in [5, 5.41) is 11.9. The van der Waals surface area contributed by atoms with Crippen molar-refractivity contribution in [2.45, 2.75) is 42.8 Å². The first-order valence-electron chi connectivity index (χ1n) is 12.3. The van der Waals surface area contributed by atoms with Crippen LogP contribution in [0.15, 0.2) is 63.8 Å². The molecule has 0 amide bonds. The first kappa shape index (κ1) is 26.7. The lowest BCUT2D eigenvalue weighted by Crippen LogP contribution is -2.21. The van der Waals surface area contributed by atoms with Crippen LogP contribution in [0.2, 0.25) is 5.02 Å². The number of nitrogens with one attached hydrogen (secondary N) is 1. The molecule has 6 rings (SSSR count). The van der Waals surface area contributed by atoms with Gasteiger partial charge in [0.2, 0.25) is 5.16 Å². The lowest BCUT2D eigenvalue weighted by molar-refractivity contribution is -0.137. The van der Waals surface area contributed by atoms with E-state index in [1.54, 1.807) is 0 Å². The Morgan fingerprint density at radius 3 is 2.83 bits per heavy atom. The maximum Gasteiger partial charge on any atom is 0.417 e. The molecule has 0 bridgehead atoms. The SMILES string of the molecule is O=c1c2c3c(sc2nc(-c2cccc(CSc4nc[nH]n4)c2)n1N=Cc1ccc(Cl)c(C(F)(F)F)c1)CCCC3. The Bertz CT molecular complexity index is 1800. The molecular formula is C27H20ClF3N6OS2. The Morgan fingerprint density at radius 2 is 2.02 bits per heavy atom. The Kier molecular flexibility index (Phi) is 7.24. The van der Waals surface area contributed by atoms with Crippen molar-refractivity contribution in [1.29, 1.82) is 0 Å². The highest BCUT2D eigenvalue weighted by molar-refractivity contribution is 7.98. The van der Waals surface area contributed by atoms with Crippen LogP contribution in [0.25, 0.3) is 21.6 Å². The average Bonchev–Trinajstić information content (AvgIpc) is 3.59. The van der Waals surface area contributed by atoms with Gasteiger partial charge in [-0.1, -0.05) is 47.6 Å². The fraction of sp³-hybridized carbons (Fsp3) is 0.222. The second-order valence-corrected chi connectivity index (χ2v) is 11.6. The lowest BCUT2D eigenvalue weighted by Gasteiger charge is -2.12. The van der Waals surface area contributed by atoms with Crippen LogP contribution < -0.4 is 5.56 Å². The van der Waals surface area contributed by atoms with Gasteiger partial charge in [0.25, 0.3) is 5.56 Å². The predicted octanol–water partition coefficient (Wildman–Crippen LogP) is 6.97. The minimum absolute atomic E-state index is 0.152. The van der Waals surface area contributed by atoms with E-state index in [-0.39, 0.29) is 11.1 Å². The van der Waals surface area contributed by atoms with E-state index in [2.05, 4.69) is 20.3 Å². The number of nitrogens with zero attached hydrogens (tertiary/aromatic N) is 5. The van der Waals surface area contributed by atoms with Crippen LogP contribution in [-0.2, 0) is 24.8 Å². The molecule has 1 aliphatic rings. The lowest BCUT2D eigenvalue weighted by atomic mass is 9.97. The van der Waals surface area contributed by atoms with Gasteiger partial charge in [-0.3, -0.25) is 9.89 Å². The summed E-state index contributed by atoms with van der Waals surface area (Å²) in [7, 11) is 0. The van der Waals surface area contributed by atoms with Crippen LogP contribution in [0.5, 0.6) is 0 Å². The minimum Gasteiger partial charge on any atom is -0.267 e. The molecule has 204 valence electrons. The van der Waals surface area contributed by atoms with Crippen LogP contribution in [0, 0.1) is 0 Å². The molecule has 0 atom stereocenters. The van der Waals surface area contributed by atoms with Gasteiger partial charge in [-0.15, -0.1) is 16.4 Å². The summed E-state index contributed by atoms with van der Waals surface area (Å²) in [4.78, 5) is 24.7. The van der Waals surface area contributed by atoms with Crippen molar-refractivity contribution in [3.8, 4) is 11.4 Å². The van der Waals surface area contributed by atoms with Gasteiger partial charge in [-0.05, 0) is 60.6 Å². The van der Waals surface area contributed by atoms with Crippen molar-refractivity contribution in [2.75, 3.05) is 0 Å². The quantitative estimate of drug-likeness (QED) is 0.168. The first-order chi connectivity index (χ1) is 19.3. The van der Waals surface area contributed by atoms with Crippen LogP contribution >= 0.6 is 34.7 Å². The predicted molar refractivity (Wildman–Crippen MR) is 151 cm³/mol. The minimum atomic E-state index is -4.62. The van der Waals surface area contributed by atoms with E-state index in [1.807, 2.05) is 24.3 Å². The average molecular weight is 601 g/mol. The Hall–Kier alpha value is -3.48. The number of thioether (sulfide) groups is 1. The summed E-state index contributed by atoms with van der Waals surface area (Å²) in [5.74, 6) is 0.891. The third-order valence-corrected chi connectivity index (χ3v) is 8.98. The molecule has 0 aliphatic heterocycles. The highest BCUT2D eigenvalue weighted by Gasteiger charge is 2.33. The van der Waals surface area contributed by atoms with Crippen molar-refractivity contribution in [3.63, 3.8) is 0 Å². The molecule has 3 heterocycles. The molecular weight excluding hydrogens is 581 g/mol. The number of halogens is 4. The number of hydrogen-bond donors (Lipinski definition) is 1. The molecule has 7 nitrogen and oxygen atoms in total. The van der Waals surface area contributed by atoms with E-state index in [1.165, 1.54) is 52.4 Å². The molecule has 0 fully saturated rings. The van der Waals surface area contributed by atoms with Gasteiger partial charge in [0.1, 0.15) is 11.2 Å². The smallest absolute Gasteiger partial charge is 0.267 e. The van der Waals surface area contributed by atoms with Crippen molar-refractivity contribution >= 4 is 51.1 Å². The molecule has 1 aliphatic carbocycles. The maximum atomic E-state index is 13.9. The van der Waals surface area contributed by atoms with E-state index < -0.39 is 16.8 Å². The van der Waals surface area contributed by atoms with Gasteiger partial charge in [0, 0.05) is 16.2 Å². The molecule has 13 heteroatoms. The molecule has 0 saturated carbocycles. The summed E-state index contributed by atoms with van der Waals surface area (Å²) in [6.45, 7) is 0. The van der Waals surface area contributed by atoms with Gasteiger partial charge in [-0.25, -0.2) is 9.97 Å². The number of hydrogen-bond acceptors (Lipinski definition) is 7. The Balaban J connectivity index is 1.47. The number of aromatic amines is 1. The molecule has 0 spiro atoms. The molecule has 3 aromatic heterocycles. The number of thiophene rings is 1. The fourth-order valence-electron chi connectivity index (χ4n) is 4.67. The number of aryl methyl sites for hydroxylation is 2. The number of rotatable bonds is 6. The largest absolute Gasteiger partial charge is 0.417 e. The number of alkyl halides is 3. The fourth-order valence-corrected chi connectivity index (χ4v) is 6.87. The molecule has 0 radical (unpaired) electrons. The highest BCUT2D eigenvalue weighted by atomic mass is 35.5. The molecule has 2 aromatic carbocycles. The Morgan fingerprint density at radius 1 is 1.18 bits per heavy atom. The van der Waals surface area contributed by atoms with Crippen LogP contribution in [0.4, 0.5) is 13.2 Å². The third kappa shape index (κ3) is 5.30. The number of aromatic nitrogens is 5. The maximum absolute atomic E-state index is 13.9. The van der Waals surface area contributed by atoms with Crippen LogP contribution in [0.3, 0.4) is 0 Å².